The maximum Gasteiger partial charge on any atom is 0.278 e. The van der Waals surface area contributed by atoms with Gasteiger partial charge >= 0.3 is 0 Å². The number of anilines is 1. The highest BCUT2D eigenvalue weighted by Gasteiger charge is 2.35. The SMILES string of the molecule is O=C(Nc1cccc(Cl)c1)c1noc2c1CS(=O)(=O)c1ccccc1-2. The normalized spacial score (nSPS) is 14.4. The number of nitrogens with one attached hydrogen (secondary N) is 1. The Morgan fingerprint density at radius 2 is 1.96 bits per heavy atom. The molecule has 0 spiro atoms. The first kappa shape index (κ1) is 15.9. The summed E-state index contributed by atoms with van der Waals surface area (Å²) in [6, 6.07) is 13.1. The number of hydrogen-bond donors (Lipinski definition) is 1. The molecule has 4 rings (SSSR count). The van der Waals surface area contributed by atoms with Gasteiger partial charge in [0.15, 0.2) is 21.3 Å². The minimum Gasteiger partial charge on any atom is -0.355 e. The molecule has 1 aromatic heterocycles. The van der Waals surface area contributed by atoms with Crippen LogP contribution in [-0.4, -0.2) is 19.5 Å². The summed E-state index contributed by atoms with van der Waals surface area (Å²) in [5, 5.41) is 6.91. The Morgan fingerprint density at radius 3 is 2.76 bits per heavy atom. The van der Waals surface area contributed by atoms with Crippen LogP contribution in [0, 0.1) is 0 Å². The second-order valence-electron chi connectivity index (χ2n) is 5.56. The van der Waals surface area contributed by atoms with Crippen LogP contribution in [0.15, 0.2) is 57.9 Å². The molecule has 0 bridgehead atoms. The van der Waals surface area contributed by atoms with Crippen molar-refractivity contribution in [1.82, 2.24) is 5.16 Å². The smallest absolute Gasteiger partial charge is 0.278 e. The van der Waals surface area contributed by atoms with Crippen LogP contribution in [0.25, 0.3) is 11.3 Å². The van der Waals surface area contributed by atoms with E-state index in [1.807, 2.05) is 0 Å². The van der Waals surface area contributed by atoms with E-state index < -0.39 is 15.7 Å². The van der Waals surface area contributed by atoms with Gasteiger partial charge < -0.3 is 9.84 Å². The fourth-order valence-corrected chi connectivity index (χ4v) is 4.56. The van der Waals surface area contributed by atoms with E-state index in [1.54, 1.807) is 42.5 Å². The zero-order chi connectivity index (χ0) is 17.6. The van der Waals surface area contributed by atoms with Gasteiger partial charge in [-0.1, -0.05) is 35.0 Å². The molecular weight excluding hydrogens is 364 g/mol. The van der Waals surface area contributed by atoms with Gasteiger partial charge in [0.05, 0.1) is 10.6 Å². The number of carbonyl (C=O) groups excluding carboxylic acids is 1. The quantitative estimate of drug-likeness (QED) is 0.741. The lowest BCUT2D eigenvalue weighted by Crippen LogP contribution is -2.18. The second kappa shape index (κ2) is 5.72. The molecule has 0 unspecified atom stereocenters. The summed E-state index contributed by atoms with van der Waals surface area (Å²) in [7, 11) is -3.56. The van der Waals surface area contributed by atoms with Crippen molar-refractivity contribution >= 4 is 33.0 Å². The molecule has 1 N–H and O–H groups in total. The maximum atomic E-state index is 12.5. The van der Waals surface area contributed by atoms with Gasteiger partial charge in [-0.15, -0.1) is 0 Å². The number of carbonyl (C=O) groups is 1. The summed E-state index contributed by atoms with van der Waals surface area (Å²) >= 11 is 5.90. The molecule has 2 heterocycles. The Bertz CT molecular complexity index is 1110. The predicted molar refractivity (Wildman–Crippen MR) is 92.2 cm³/mol. The highest BCUT2D eigenvalue weighted by atomic mass is 35.5. The first-order chi connectivity index (χ1) is 12.0. The monoisotopic (exact) mass is 374 g/mol. The Hall–Kier alpha value is -2.64. The zero-order valence-corrected chi connectivity index (χ0v) is 14.3. The fourth-order valence-electron chi connectivity index (χ4n) is 2.78. The lowest BCUT2D eigenvalue weighted by atomic mass is 10.1. The van der Waals surface area contributed by atoms with Crippen LogP contribution in [0.4, 0.5) is 5.69 Å². The number of rotatable bonds is 2. The van der Waals surface area contributed by atoms with Crippen LogP contribution in [0.3, 0.4) is 0 Å². The van der Waals surface area contributed by atoms with Crippen molar-refractivity contribution in [2.75, 3.05) is 5.32 Å². The number of sulfone groups is 1. The van der Waals surface area contributed by atoms with Gasteiger partial charge in [0.1, 0.15) is 0 Å². The average molecular weight is 375 g/mol. The molecule has 0 saturated carbocycles. The number of hydrogen-bond acceptors (Lipinski definition) is 5. The number of nitrogens with zero attached hydrogens (tertiary/aromatic N) is 1. The Morgan fingerprint density at radius 1 is 1.16 bits per heavy atom. The van der Waals surface area contributed by atoms with Crippen molar-refractivity contribution in [3.63, 3.8) is 0 Å². The summed E-state index contributed by atoms with van der Waals surface area (Å²) in [5.74, 6) is -0.579. The van der Waals surface area contributed by atoms with Crippen LogP contribution >= 0.6 is 11.6 Å². The van der Waals surface area contributed by atoms with E-state index >= 15 is 0 Å². The first-order valence-corrected chi connectivity index (χ1v) is 9.36. The first-order valence-electron chi connectivity index (χ1n) is 7.33. The van der Waals surface area contributed by atoms with Crippen molar-refractivity contribution in [2.45, 2.75) is 10.6 Å². The molecule has 1 amide bonds. The van der Waals surface area contributed by atoms with Gasteiger partial charge in [0, 0.05) is 21.8 Å². The largest absolute Gasteiger partial charge is 0.355 e. The molecule has 1 aliphatic rings. The Kier molecular flexibility index (Phi) is 3.63. The standard InChI is InChI=1S/C17H11ClN2O4S/c18-10-4-3-5-11(8-10)19-17(21)15-13-9-25(22,23)14-7-2-1-6-12(14)16(13)24-20-15/h1-8H,9H2,(H,19,21). The molecule has 0 aliphatic carbocycles. The van der Waals surface area contributed by atoms with Gasteiger partial charge in [0.25, 0.3) is 5.91 Å². The average Bonchev–Trinajstić information content (AvgIpc) is 2.98. The topological polar surface area (TPSA) is 89.3 Å². The van der Waals surface area contributed by atoms with Crippen LogP contribution in [-0.2, 0) is 15.6 Å². The second-order valence-corrected chi connectivity index (χ2v) is 7.95. The number of aromatic nitrogens is 1. The molecule has 126 valence electrons. The van der Waals surface area contributed by atoms with Gasteiger partial charge in [-0.25, -0.2) is 8.42 Å². The molecule has 25 heavy (non-hydrogen) atoms. The molecule has 0 fully saturated rings. The summed E-state index contributed by atoms with van der Waals surface area (Å²) in [5.41, 5.74) is 1.11. The third kappa shape index (κ3) is 2.71. The third-order valence-corrected chi connectivity index (χ3v) is 5.82. The summed E-state index contributed by atoms with van der Waals surface area (Å²) in [4.78, 5) is 12.7. The number of amides is 1. The molecule has 0 atom stereocenters. The Balaban J connectivity index is 1.76. The molecule has 3 aromatic rings. The van der Waals surface area contributed by atoms with Crippen molar-refractivity contribution in [3.05, 3.63) is 64.8 Å². The highest BCUT2D eigenvalue weighted by Crippen LogP contribution is 2.39. The number of fused-ring (bicyclic) bond motifs is 3. The molecule has 8 heteroatoms. The van der Waals surface area contributed by atoms with E-state index in [-0.39, 0.29) is 21.9 Å². The molecular formula is C17H11ClN2O4S. The molecule has 0 radical (unpaired) electrons. The Labute approximate surface area is 148 Å². The van der Waals surface area contributed by atoms with Crippen molar-refractivity contribution in [3.8, 4) is 11.3 Å². The lowest BCUT2D eigenvalue weighted by Gasteiger charge is -2.15. The van der Waals surface area contributed by atoms with Crippen molar-refractivity contribution < 1.29 is 17.7 Å². The van der Waals surface area contributed by atoms with Crippen LogP contribution in [0.1, 0.15) is 16.1 Å². The molecule has 1 aliphatic heterocycles. The maximum absolute atomic E-state index is 12.5. The minimum atomic E-state index is -3.56. The summed E-state index contributed by atoms with van der Waals surface area (Å²) in [6.45, 7) is 0. The number of benzene rings is 2. The molecule has 6 nitrogen and oxygen atoms in total. The van der Waals surface area contributed by atoms with Crippen LogP contribution in [0.2, 0.25) is 5.02 Å². The van der Waals surface area contributed by atoms with Gasteiger partial charge in [-0.05, 0) is 30.3 Å². The number of halogens is 1. The van der Waals surface area contributed by atoms with Crippen molar-refractivity contribution in [1.29, 1.82) is 0 Å². The van der Waals surface area contributed by atoms with Gasteiger partial charge in [0.2, 0.25) is 0 Å². The van der Waals surface area contributed by atoms with E-state index in [0.717, 1.165) is 0 Å². The minimum absolute atomic E-state index is 0.0481. The van der Waals surface area contributed by atoms with Crippen molar-refractivity contribution in [2.24, 2.45) is 0 Å². The molecule has 2 aromatic carbocycles. The predicted octanol–water partition coefficient (Wildman–Crippen LogP) is 3.53. The summed E-state index contributed by atoms with van der Waals surface area (Å²) in [6.07, 6.45) is 0. The van der Waals surface area contributed by atoms with E-state index in [2.05, 4.69) is 10.5 Å². The van der Waals surface area contributed by atoms with E-state index in [4.69, 9.17) is 16.1 Å². The summed E-state index contributed by atoms with van der Waals surface area (Å²) < 4.78 is 30.3. The van der Waals surface area contributed by atoms with Crippen LogP contribution in [0.5, 0.6) is 0 Å². The van der Waals surface area contributed by atoms with Gasteiger partial charge in [-0.3, -0.25) is 4.79 Å². The van der Waals surface area contributed by atoms with E-state index in [9.17, 15) is 13.2 Å². The van der Waals surface area contributed by atoms with E-state index in [0.29, 0.717) is 22.0 Å². The lowest BCUT2D eigenvalue weighted by molar-refractivity contribution is 0.101. The van der Waals surface area contributed by atoms with E-state index in [1.165, 1.54) is 6.07 Å². The fraction of sp³-hybridized carbons (Fsp3) is 0.0588. The van der Waals surface area contributed by atoms with Crippen LogP contribution < -0.4 is 5.32 Å². The van der Waals surface area contributed by atoms with Gasteiger partial charge in [-0.2, -0.15) is 0 Å². The highest BCUT2D eigenvalue weighted by molar-refractivity contribution is 7.90. The zero-order valence-electron chi connectivity index (χ0n) is 12.7. The molecule has 0 saturated heterocycles. The third-order valence-electron chi connectivity index (χ3n) is 3.89.